The zero-order chi connectivity index (χ0) is 31.6. The number of rotatable bonds is 7. The highest BCUT2D eigenvalue weighted by atomic mass is 16.5. The number of primary amides is 1. The minimum atomic E-state index is -2.75. The second-order valence-corrected chi connectivity index (χ2v) is 11.7. The molecule has 0 unspecified atom stereocenters. The Balaban J connectivity index is 1.90. The smallest absolute Gasteiger partial charge is 0.255 e. The van der Waals surface area contributed by atoms with Gasteiger partial charge in [0.05, 0.1) is 17.3 Å². The van der Waals surface area contributed by atoms with Gasteiger partial charge in [-0.15, -0.1) is 0 Å². The van der Waals surface area contributed by atoms with Gasteiger partial charge in [-0.25, -0.2) is 0 Å². The minimum Gasteiger partial charge on any atom is -0.508 e. The summed E-state index contributed by atoms with van der Waals surface area (Å²) in [6, 6.07) is -0.0349. The lowest BCUT2D eigenvalue weighted by Gasteiger charge is -2.50. The molecule has 228 valence electrons. The number of carbonyl (C=O) groups excluding carboxylic acids is 4. The number of fused-ring (bicyclic) bond motifs is 3. The highest BCUT2D eigenvalue weighted by Gasteiger charge is 2.64. The number of nitrogens with two attached hydrogens (primary N) is 1. The third-order valence-electron chi connectivity index (χ3n) is 8.35. The molecule has 14 nitrogen and oxygen atoms in total. The number of aliphatic hydroxyl groups is 3. The van der Waals surface area contributed by atoms with Crippen LogP contribution in [0.25, 0.3) is 5.76 Å². The number of hydroxylamine groups is 2. The number of aliphatic hydroxyl groups excluding tert-OH is 2. The van der Waals surface area contributed by atoms with Crippen LogP contribution in [-0.2, 0) is 25.6 Å². The van der Waals surface area contributed by atoms with E-state index in [4.69, 9.17) is 5.73 Å². The fourth-order valence-electron chi connectivity index (χ4n) is 6.31. The number of ketones is 2. The van der Waals surface area contributed by atoms with Crippen molar-refractivity contribution in [3.05, 3.63) is 34.1 Å². The van der Waals surface area contributed by atoms with Crippen LogP contribution in [0.2, 0.25) is 0 Å². The van der Waals surface area contributed by atoms with Crippen LogP contribution in [0.4, 0.5) is 11.4 Å². The van der Waals surface area contributed by atoms with Gasteiger partial charge in [-0.05, 0) is 58.3 Å². The zero-order valence-corrected chi connectivity index (χ0v) is 24.3. The third kappa shape index (κ3) is 4.60. The molecule has 14 heteroatoms. The van der Waals surface area contributed by atoms with Crippen LogP contribution >= 0.6 is 0 Å². The fourth-order valence-corrected chi connectivity index (χ4v) is 6.31. The number of phenolic OH excluding ortho intramolecular Hbond substituents is 1. The van der Waals surface area contributed by atoms with Crippen molar-refractivity contribution >= 4 is 40.5 Å². The molecule has 4 rings (SSSR count). The van der Waals surface area contributed by atoms with E-state index in [1.807, 2.05) is 0 Å². The Hall–Kier alpha value is -3.98. The van der Waals surface area contributed by atoms with E-state index in [9.17, 15) is 44.8 Å². The summed E-state index contributed by atoms with van der Waals surface area (Å²) < 4.78 is 0. The van der Waals surface area contributed by atoms with Crippen molar-refractivity contribution in [1.29, 1.82) is 0 Å². The van der Waals surface area contributed by atoms with Gasteiger partial charge < -0.3 is 41.6 Å². The van der Waals surface area contributed by atoms with Crippen molar-refractivity contribution < 1.29 is 44.8 Å². The summed E-state index contributed by atoms with van der Waals surface area (Å²) in [6.07, 6.45) is 0.0566. The van der Waals surface area contributed by atoms with Crippen LogP contribution in [0.3, 0.4) is 0 Å². The summed E-state index contributed by atoms with van der Waals surface area (Å²) in [4.78, 5) is 55.2. The SMILES string of the molecule is CC(C)N(O)CC(=O)Nc1cc(N(C)C)c2c(c1O)C(O)=C1C(=O)[C@]3(O)C(O)=C(C(N)=O)C(=O)[C@@H](N(C)C)[C@@H]3C[C@@H]1C2. The number of amides is 2. The van der Waals surface area contributed by atoms with E-state index in [0.29, 0.717) is 11.3 Å². The van der Waals surface area contributed by atoms with Crippen LogP contribution in [0.5, 0.6) is 5.75 Å². The Morgan fingerprint density at radius 1 is 1.14 bits per heavy atom. The van der Waals surface area contributed by atoms with E-state index in [2.05, 4.69) is 5.32 Å². The highest BCUT2D eigenvalue weighted by molar-refractivity contribution is 6.24. The number of hydrogen-bond donors (Lipinski definition) is 7. The van der Waals surface area contributed by atoms with Crippen molar-refractivity contribution in [3.63, 3.8) is 0 Å². The first kappa shape index (κ1) is 31.0. The number of benzene rings is 1. The first-order valence-corrected chi connectivity index (χ1v) is 13.4. The monoisotopic (exact) mass is 587 g/mol. The van der Waals surface area contributed by atoms with Gasteiger partial charge in [0.15, 0.2) is 11.4 Å². The van der Waals surface area contributed by atoms with Crippen LogP contribution in [0.15, 0.2) is 23.0 Å². The summed E-state index contributed by atoms with van der Waals surface area (Å²) in [7, 11) is 6.48. The maximum atomic E-state index is 14.0. The van der Waals surface area contributed by atoms with E-state index in [-0.39, 0.29) is 35.7 Å². The predicted octanol–water partition coefficient (Wildman–Crippen LogP) is 0.0681. The molecule has 0 bridgehead atoms. The molecule has 3 aliphatic carbocycles. The number of carbonyl (C=O) groups is 4. The number of likely N-dealkylation sites (N-methyl/N-ethyl adjacent to an activating group) is 1. The molecule has 1 aromatic rings. The minimum absolute atomic E-state index is 0.0422. The molecule has 0 saturated heterocycles. The van der Waals surface area contributed by atoms with Gasteiger partial charge in [-0.2, -0.15) is 5.06 Å². The van der Waals surface area contributed by atoms with E-state index in [1.54, 1.807) is 32.8 Å². The van der Waals surface area contributed by atoms with Gasteiger partial charge in [0.2, 0.25) is 11.7 Å². The van der Waals surface area contributed by atoms with Crippen molar-refractivity contribution in [2.75, 3.05) is 45.0 Å². The molecule has 2 amide bonds. The van der Waals surface area contributed by atoms with Crippen LogP contribution < -0.4 is 16.0 Å². The van der Waals surface area contributed by atoms with Crippen LogP contribution in [0.1, 0.15) is 31.4 Å². The topological polar surface area (TPSA) is 217 Å². The van der Waals surface area contributed by atoms with Crippen molar-refractivity contribution in [3.8, 4) is 5.75 Å². The molecule has 0 aliphatic heterocycles. The predicted molar refractivity (Wildman–Crippen MR) is 151 cm³/mol. The largest absolute Gasteiger partial charge is 0.508 e. The Morgan fingerprint density at radius 3 is 2.29 bits per heavy atom. The molecule has 0 heterocycles. The summed E-state index contributed by atoms with van der Waals surface area (Å²) in [5, 5.41) is 58.8. The summed E-state index contributed by atoms with van der Waals surface area (Å²) in [5.41, 5.74) is 2.12. The van der Waals surface area contributed by atoms with Crippen molar-refractivity contribution in [2.24, 2.45) is 17.6 Å². The number of hydrogen-bond acceptors (Lipinski definition) is 12. The molecule has 42 heavy (non-hydrogen) atoms. The lowest BCUT2D eigenvalue weighted by molar-refractivity contribution is -0.153. The molecule has 8 N–H and O–H groups in total. The fraction of sp³-hybridized carbons (Fsp3) is 0.500. The second kappa shape index (κ2) is 10.7. The van der Waals surface area contributed by atoms with Gasteiger partial charge in [-0.3, -0.25) is 24.1 Å². The van der Waals surface area contributed by atoms with Gasteiger partial charge in [0.1, 0.15) is 29.4 Å². The molecule has 0 spiro atoms. The summed E-state index contributed by atoms with van der Waals surface area (Å²) in [6.45, 7) is 2.94. The summed E-state index contributed by atoms with van der Waals surface area (Å²) >= 11 is 0. The normalized spacial score (nSPS) is 25.5. The molecule has 1 saturated carbocycles. The average Bonchev–Trinajstić information content (AvgIpc) is 2.87. The number of Topliss-reactive ketones (excluding diaryl/α,β-unsaturated/α-hetero) is 2. The molecule has 0 radical (unpaired) electrons. The van der Waals surface area contributed by atoms with Crippen LogP contribution in [0, 0.1) is 11.8 Å². The Labute approximate surface area is 242 Å². The third-order valence-corrected chi connectivity index (χ3v) is 8.35. The lowest BCUT2D eigenvalue weighted by atomic mass is 9.57. The maximum absolute atomic E-state index is 14.0. The maximum Gasteiger partial charge on any atom is 0.255 e. The molecule has 3 aliphatic rings. The van der Waals surface area contributed by atoms with Crippen molar-refractivity contribution in [2.45, 2.75) is 44.4 Å². The first-order valence-electron chi connectivity index (χ1n) is 13.4. The van der Waals surface area contributed by atoms with Gasteiger partial charge in [0, 0.05) is 37.3 Å². The number of nitrogens with zero attached hydrogens (tertiary/aromatic N) is 3. The highest BCUT2D eigenvalue weighted by Crippen LogP contribution is 2.54. The number of nitrogens with one attached hydrogen (secondary N) is 1. The molecular weight excluding hydrogens is 550 g/mol. The zero-order valence-electron chi connectivity index (χ0n) is 24.3. The Kier molecular flexibility index (Phi) is 7.88. The number of aromatic hydroxyl groups is 1. The van der Waals surface area contributed by atoms with E-state index < -0.39 is 76.2 Å². The van der Waals surface area contributed by atoms with Gasteiger partial charge >= 0.3 is 0 Å². The van der Waals surface area contributed by atoms with Crippen molar-refractivity contribution in [1.82, 2.24) is 9.96 Å². The molecule has 1 aromatic carbocycles. The quantitative estimate of drug-likeness (QED) is 0.128. The van der Waals surface area contributed by atoms with E-state index >= 15 is 0 Å². The molecule has 1 fully saturated rings. The first-order chi connectivity index (χ1) is 19.4. The summed E-state index contributed by atoms with van der Waals surface area (Å²) in [5.74, 6) is -8.24. The van der Waals surface area contributed by atoms with E-state index in [1.165, 1.54) is 25.1 Å². The Morgan fingerprint density at radius 2 is 1.76 bits per heavy atom. The standard InChI is InChI=1S/C28H37N5O9/c1-11(2)33(42)10-17(34)30-15-9-16(31(3)4)13-7-12-8-14-21(32(5)6)24(37)20(27(29)40)26(39)28(14,41)25(38)18(12)23(36)19(13)22(15)35/h9,11-12,14,21,35-36,39,41-42H,7-8,10H2,1-6H3,(H2,29,40)(H,30,34)/t12-,14-,21-,28-/m0/s1. The molecular formula is C28H37N5O9. The number of phenols is 1. The van der Waals surface area contributed by atoms with Gasteiger partial charge in [-0.1, -0.05) is 0 Å². The molecule has 0 aromatic heterocycles. The average molecular weight is 588 g/mol. The lowest BCUT2D eigenvalue weighted by Crippen LogP contribution is -2.65. The molecule has 4 atom stereocenters. The van der Waals surface area contributed by atoms with Crippen LogP contribution in [-0.4, -0.2) is 111 Å². The Bertz CT molecular complexity index is 1450. The second-order valence-electron chi connectivity index (χ2n) is 11.7. The van der Waals surface area contributed by atoms with Gasteiger partial charge in [0.25, 0.3) is 5.91 Å². The number of anilines is 2. The van der Waals surface area contributed by atoms with E-state index in [0.717, 1.165) is 5.06 Å².